The summed E-state index contributed by atoms with van der Waals surface area (Å²) in [5, 5.41) is 12.7. The van der Waals surface area contributed by atoms with Crippen molar-refractivity contribution in [3.8, 4) is 11.1 Å². The second kappa shape index (κ2) is 10.1. The molecule has 1 aliphatic heterocycles. The molecule has 1 heterocycles. The van der Waals surface area contributed by atoms with Gasteiger partial charge in [0.2, 0.25) is 0 Å². The Morgan fingerprint density at radius 2 is 1.69 bits per heavy atom. The third-order valence-electron chi connectivity index (χ3n) is 4.94. The summed E-state index contributed by atoms with van der Waals surface area (Å²) >= 11 is 0. The molecule has 0 amide bonds. The predicted molar refractivity (Wildman–Crippen MR) is 125 cm³/mol. The molecule has 0 unspecified atom stereocenters. The number of fused-ring (bicyclic) bond motifs is 2. The lowest BCUT2D eigenvalue weighted by molar-refractivity contribution is 0.977. The van der Waals surface area contributed by atoms with Crippen LogP contribution in [0.2, 0.25) is 0 Å². The first kappa shape index (κ1) is 20.1. The zero-order valence-electron chi connectivity index (χ0n) is 16.5. The van der Waals surface area contributed by atoms with Crippen molar-refractivity contribution in [2.75, 3.05) is 23.7 Å². The van der Waals surface area contributed by atoms with Gasteiger partial charge in [-0.15, -0.1) is 0 Å². The first-order valence-electron chi connectivity index (χ1n) is 9.71. The van der Waals surface area contributed by atoms with Gasteiger partial charge in [0.05, 0.1) is 12.9 Å². The van der Waals surface area contributed by atoms with Gasteiger partial charge in [-0.1, -0.05) is 48.5 Å². The standard InChI is InChI=1S/C23H24N4.CH3N/c24-16-25-12-13-26-23-15-22-19(14-20(23)17-6-2-1-3-7-17)11-10-18-8-4-5-9-21(18)27-22;1-2/h1-9,14-16,26-27H,10-13H2,(H2,24,25);2H,1H2. The molecule has 5 heteroatoms. The van der Waals surface area contributed by atoms with E-state index >= 15 is 0 Å². The number of rotatable bonds is 5. The van der Waals surface area contributed by atoms with Gasteiger partial charge in [0.15, 0.2) is 0 Å². The van der Waals surface area contributed by atoms with E-state index in [1.54, 1.807) is 0 Å². The molecule has 1 aliphatic rings. The monoisotopic (exact) mass is 385 g/mol. The summed E-state index contributed by atoms with van der Waals surface area (Å²) in [6.07, 6.45) is 3.43. The average molecular weight is 386 g/mol. The van der Waals surface area contributed by atoms with Gasteiger partial charge >= 0.3 is 0 Å². The maximum atomic E-state index is 5.50. The van der Waals surface area contributed by atoms with Crippen LogP contribution < -0.4 is 16.4 Å². The zero-order chi connectivity index (χ0) is 20.5. The van der Waals surface area contributed by atoms with Gasteiger partial charge in [0.25, 0.3) is 0 Å². The Kier molecular flexibility index (Phi) is 7.00. The van der Waals surface area contributed by atoms with Crippen LogP contribution in [-0.4, -0.2) is 26.1 Å². The molecule has 0 spiro atoms. The van der Waals surface area contributed by atoms with Gasteiger partial charge in [0, 0.05) is 29.2 Å². The Labute approximate surface area is 172 Å². The van der Waals surface area contributed by atoms with E-state index in [2.05, 4.69) is 83.0 Å². The number of anilines is 3. The molecule has 0 bridgehead atoms. The second-order valence-corrected chi connectivity index (χ2v) is 6.69. The average Bonchev–Trinajstić information content (AvgIpc) is 2.97. The minimum Gasteiger partial charge on any atom is -0.390 e. The second-order valence-electron chi connectivity index (χ2n) is 6.69. The van der Waals surface area contributed by atoms with E-state index in [1.165, 1.54) is 40.0 Å². The molecule has 0 saturated heterocycles. The number of benzene rings is 3. The van der Waals surface area contributed by atoms with Crippen molar-refractivity contribution < 1.29 is 0 Å². The fraction of sp³-hybridized carbons (Fsp3) is 0.167. The van der Waals surface area contributed by atoms with Gasteiger partial charge in [-0.2, -0.15) is 0 Å². The Balaban J connectivity index is 0.00000117. The largest absolute Gasteiger partial charge is 0.390 e. The SMILES string of the molecule is C=N.NC=NCCNc1cc2c(cc1-c1ccccc1)CCc1ccccc1N2. The highest BCUT2D eigenvalue weighted by Gasteiger charge is 2.16. The summed E-state index contributed by atoms with van der Waals surface area (Å²) in [5.74, 6) is 0. The normalized spacial score (nSPS) is 12.0. The minimum atomic E-state index is 0.651. The van der Waals surface area contributed by atoms with Gasteiger partial charge in [-0.05, 0) is 54.4 Å². The van der Waals surface area contributed by atoms with E-state index in [-0.39, 0.29) is 0 Å². The summed E-state index contributed by atoms with van der Waals surface area (Å²) < 4.78 is 0. The number of aryl methyl sites for hydroxylation is 2. The first-order valence-corrected chi connectivity index (χ1v) is 9.71. The van der Waals surface area contributed by atoms with E-state index in [9.17, 15) is 0 Å². The van der Waals surface area contributed by atoms with Crippen molar-refractivity contribution in [1.29, 1.82) is 5.41 Å². The summed E-state index contributed by atoms with van der Waals surface area (Å²) in [5.41, 5.74) is 14.0. The quantitative estimate of drug-likeness (QED) is 0.287. The Morgan fingerprint density at radius 1 is 0.966 bits per heavy atom. The molecule has 0 fully saturated rings. The third kappa shape index (κ3) is 4.82. The van der Waals surface area contributed by atoms with Crippen LogP contribution in [0, 0.1) is 5.41 Å². The molecule has 29 heavy (non-hydrogen) atoms. The fourth-order valence-corrected chi connectivity index (χ4v) is 3.57. The molecule has 3 aromatic carbocycles. The van der Waals surface area contributed by atoms with Gasteiger partial charge in [-0.3, -0.25) is 4.99 Å². The van der Waals surface area contributed by atoms with Crippen molar-refractivity contribution >= 4 is 30.1 Å². The number of aliphatic imine (C=N–C) groups is 1. The first-order chi connectivity index (χ1) is 14.3. The lowest BCUT2D eigenvalue weighted by Gasteiger charge is -2.17. The molecule has 5 N–H and O–H groups in total. The summed E-state index contributed by atoms with van der Waals surface area (Å²) in [6.45, 7) is 3.89. The minimum absolute atomic E-state index is 0.651. The molecule has 4 rings (SSSR count). The zero-order valence-corrected chi connectivity index (χ0v) is 16.5. The molecular weight excluding hydrogens is 358 g/mol. The molecule has 0 radical (unpaired) electrons. The lowest BCUT2D eigenvalue weighted by Crippen LogP contribution is -2.08. The Hall–Kier alpha value is -3.60. The van der Waals surface area contributed by atoms with Crippen LogP contribution in [0.5, 0.6) is 0 Å². The maximum absolute atomic E-state index is 5.50. The Bertz CT molecular complexity index is 966. The van der Waals surface area contributed by atoms with Crippen LogP contribution in [0.15, 0.2) is 71.7 Å². The van der Waals surface area contributed by atoms with Crippen molar-refractivity contribution in [2.24, 2.45) is 10.7 Å². The van der Waals surface area contributed by atoms with Gasteiger partial charge in [-0.25, -0.2) is 0 Å². The molecule has 0 aromatic heterocycles. The summed E-state index contributed by atoms with van der Waals surface area (Å²) in [4.78, 5) is 4.10. The van der Waals surface area contributed by atoms with E-state index in [1.807, 2.05) is 6.07 Å². The highest BCUT2D eigenvalue weighted by molar-refractivity contribution is 5.84. The van der Waals surface area contributed by atoms with Gasteiger partial charge < -0.3 is 21.8 Å². The molecule has 0 saturated carbocycles. The van der Waals surface area contributed by atoms with Crippen LogP contribution in [0.25, 0.3) is 11.1 Å². The maximum Gasteiger partial charge on any atom is 0.0798 e. The number of nitrogens with one attached hydrogen (secondary N) is 3. The van der Waals surface area contributed by atoms with Crippen molar-refractivity contribution in [2.45, 2.75) is 12.8 Å². The van der Waals surface area contributed by atoms with Crippen molar-refractivity contribution in [3.63, 3.8) is 0 Å². The third-order valence-corrected chi connectivity index (χ3v) is 4.94. The van der Waals surface area contributed by atoms with Crippen LogP contribution in [0.3, 0.4) is 0 Å². The lowest BCUT2D eigenvalue weighted by atomic mass is 9.97. The van der Waals surface area contributed by atoms with Crippen LogP contribution in [0.1, 0.15) is 11.1 Å². The van der Waals surface area contributed by atoms with E-state index in [4.69, 9.17) is 11.1 Å². The molecule has 148 valence electrons. The summed E-state index contributed by atoms with van der Waals surface area (Å²) in [6, 6.07) is 23.6. The number of nitrogens with zero attached hydrogens (tertiary/aromatic N) is 1. The molecule has 0 atom stereocenters. The number of nitrogens with two attached hydrogens (primary N) is 1. The van der Waals surface area contributed by atoms with E-state index < -0.39 is 0 Å². The molecule has 5 nitrogen and oxygen atoms in total. The highest BCUT2D eigenvalue weighted by atomic mass is 14.9. The van der Waals surface area contributed by atoms with Crippen molar-refractivity contribution in [3.05, 3.63) is 77.9 Å². The fourth-order valence-electron chi connectivity index (χ4n) is 3.57. The topological polar surface area (TPSA) is 86.3 Å². The van der Waals surface area contributed by atoms with E-state index in [0.29, 0.717) is 6.54 Å². The van der Waals surface area contributed by atoms with Crippen LogP contribution >= 0.6 is 0 Å². The Morgan fingerprint density at radius 3 is 2.48 bits per heavy atom. The molecule has 0 aliphatic carbocycles. The van der Waals surface area contributed by atoms with Crippen LogP contribution in [-0.2, 0) is 12.8 Å². The van der Waals surface area contributed by atoms with Gasteiger partial charge in [0.1, 0.15) is 0 Å². The molecular formula is C24H27N5. The number of hydrogen-bond acceptors (Lipinski definition) is 4. The summed E-state index contributed by atoms with van der Waals surface area (Å²) in [7, 11) is 0. The van der Waals surface area contributed by atoms with Crippen LogP contribution in [0.4, 0.5) is 17.1 Å². The van der Waals surface area contributed by atoms with Crippen molar-refractivity contribution in [1.82, 2.24) is 0 Å². The number of para-hydroxylation sites is 1. The highest BCUT2D eigenvalue weighted by Crippen LogP contribution is 2.37. The molecule has 3 aromatic rings. The smallest absolute Gasteiger partial charge is 0.0798 e. The predicted octanol–water partition coefficient (Wildman–Crippen LogP) is 4.86. The van der Waals surface area contributed by atoms with E-state index in [0.717, 1.165) is 25.1 Å². The number of hydrogen-bond donors (Lipinski definition) is 4.